The van der Waals surface area contributed by atoms with E-state index in [1.54, 1.807) is 0 Å². The number of rotatable bonds is 6. The lowest BCUT2D eigenvalue weighted by Gasteiger charge is -2.19. The molecule has 0 radical (unpaired) electrons. The Bertz CT molecular complexity index is 388. The van der Waals surface area contributed by atoms with Crippen LogP contribution in [0.25, 0.3) is 0 Å². The van der Waals surface area contributed by atoms with Crippen LogP contribution in [0.4, 0.5) is 0 Å². The molecule has 2 atom stereocenters. The lowest BCUT2D eigenvalue weighted by molar-refractivity contribution is -0.122. The van der Waals surface area contributed by atoms with E-state index in [0.29, 0.717) is 18.9 Å². The minimum absolute atomic E-state index is 0.0651. The number of carbonyl (C=O) groups is 1. The Morgan fingerprint density at radius 2 is 2.26 bits per heavy atom. The normalized spacial score (nSPS) is 19.9. The molecular formula is C15H22N2O2. The van der Waals surface area contributed by atoms with Crippen molar-refractivity contribution in [3.05, 3.63) is 30.3 Å². The van der Waals surface area contributed by atoms with Gasteiger partial charge in [0.15, 0.2) is 0 Å². The van der Waals surface area contributed by atoms with Crippen LogP contribution in [0.3, 0.4) is 0 Å². The molecule has 19 heavy (non-hydrogen) atoms. The topological polar surface area (TPSA) is 50.4 Å². The molecule has 1 amide bonds. The van der Waals surface area contributed by atoms with Gasteiger partial charge >= 0.3 is 0 Å². The number of hydrogen-bond acceptors (Lipinski definition) is 3. The van der Waals surface area contributed by atoms with E-state index in [9.17, 15) is 4.79 Å². The number of nitrogens with one attached hydrogen (secondary N) is 2. The maximum atomic E-state index is 11.8. The molecule has 2 N–H and O–H groups in total. The summed E-state index contributed by atoms with van der Waals surface area (Å²) >= 11 is 0. The highest BCUT2D eigenvalue weighted by Crippen LogP contribution is 2.12. The molecule has 0 aliphatic carbocycles. The monoisotopic (exact) mass is 262 g/mol. The molecule has 1 aromatic rings. The third-order valence-electron chi connectivity index (χ3n) is 3.54. The Labute approximate surface area is 114 Å². The summed E-state index contributed by atoms with van der Waals surface area (Å²) in [6, 6.07) is 9.81. The zero-order valence-electron chi connectivity index (χ0n) is 11.4. The van der Waals surface area contributed by atoms with Crippen molar-refractivity contribution in [3.63, 3.8) is 0 Å². The molecule has 0 spiro atoms. The van der Waals surface area contributed by atoms with E-state index in [0.717, 1.165) is 25.3 Å². The molecule has 1 aliphatic heterocycles. The third kappa shape index (κ3) is 4.56. The summed E-state index contributed by atoms with van der Waals surface area (Å²) in [5.41, 5.74) is 0. The molecule has 1 saturated heterocycles. The second-order valence-corrected chi connectivity index (χ2v) is 5.02. The minimum atomic E-state index is 0.0651. The van der Waals surface area contributed by atoms with Crippen LogP contribution in [0.2, 0.25) is 0 Å². The van der Waals surface area contributed by atoms with E-state index in [-0.39, 0.29) is 11.9 Å². The molecule has 0 bridgehead atoms. The average Bonchev–Trinajstić information content (AvgIpc) is 2.94. The Morgan fingerprint density at radius 1 is 1.47 bits per heavy atom. The third-order valence-corrected chi connectivity index (χ3v) is 3.54. The van der Waals surface area contributed by atoms with E-state index >= 15 is 0 Å². The lowest BCUT2D eigenvalue weighted by Crippen LogP contribution is -2.39. The zero-order valence-corrected chi connectivity index (χ0v) is 11.4. The number of para-hydroxylation sites is 1. The van der Waals surface area contributed by atoms with Gasteiger partial charge in [0.2, 0.25) is 5.91 Å². The van der Waals surface area contributed by atoms with Gasteiger partial charge in [0, 0.05) is 6.04 Å². The fourth-order valence-electron chi connectivity index (χ4n) is 2.33. The van der Waals surface area contributed by atoms with Crippen LogP contribution in [-0.4, -0.2) is 31.6 Å². The predicted molar refractivity (Wildman–Crippen MR) is 75.1 cm³/mol. The van der Waals surface area contributed by atoms with Crippen LogP contribution in [0.1, 0.15) is 19.8 Å². The fourth-order valence-corrected chi connectivity index (χ4v) is 2.33. The van der Waals surface area contributed by atoms with Gasteiger partial charge in [0.1, 0.15) is 5.75 Å². The van der Waals surface area contributed by atoms with Gasteiger partial charge in [0.05, 0.1) is 13.0 Å². The highest BCUT2D eigenvalue weighted by molar-refractivity contribution is 5.76. The van der Waals surface area contributed by atoms with Crippen molar-refractivity contribution in [1.29, 1.82) is 0 Å². The number of hydrogen-bond donors (Lipinski definition) is 2. The van der Waals surface area contributed by atoms with E-state index in [1.165, 1.54) is 0 Å². The highest BCUT2D eigenvalue weighted by Gasteiger charge is 2.22. The standard InChI is InChI=1S/C15H22N2O2/c1-12(13-7-9-16-11-13)17-15(18)8-10-19-14-5-3-2-4-6-14/h2-6,12-13,16H,7-11H2,1H3,(H,17,18). The molecule has 2 rings (SSSR count). The molecule has 1 fully saturated rings. The number of benzene rings is 1. The molecule has 0 saturated carbocycles. The summed E-state index contributed by atoms with van der Waals surface area (Å²) in [6.45, 7) is 4.56. The zero-order chi connectivity index (χ0) is 13.5. The molecular weight excluding hydrogens is 240 g/mol. The van der Waals surface area contributed by atoms with Crippen molar-refractivity contribution in [2.45, 2.75) is 25.8 Å². The maximum Gasteiger partial charge on any atom is 0.223 e. The number of carbonyl (C=O) groups excluding carboxylic acids is 1. The van der Waals surface area contributed by atoms with Crippen LogP contribution in [0, 0.1) is 5.92 Å². The van der Waals surface area contributed by atoms with Crippen LogP contribution < -0.4 is 15.4 Å². The highest BCUT2D eigenvalue weighted by atomic mass is 16.5. The Kier molecular flexibility index (Phi) is 5.21. The van der Waals surface area contributed by atoms with Gasteiger partial charge in [-0.3, -0.25) is 4.79 Å². The van der Waals surface area contributed by atoms with Crippen LogP contribution in [0.15, 0.2) is 30.3 Å². The first-order valence-corrected chi connectivity index (χ1v) is 6.93. The minimum Gasteiger partial charge on any atom is -0.493 e. The summed E-state index contributed by atoms with van der Waals surface area (Å²) in [4.78, 5) is 11.8. The van der Waals surface area contributed by atoms with Gasteiger partial charge in [-0.1, -0.05) is 18.2 Å². The summed E-state index contributed by atoms with van der Waals surface area (Å²) in [7, 11) is 0. The van der Waals surface area contributed by atoms with Crippen LogP contribution in [0.5, 0.6) is 5.75 Å². The largest absolute Gasteiger partial charge is 0.493 e. The van der Waals surface area contributed by atoms with Crippen molar-refractivity contribution < 1.29 is 9.53 Å². The average molecular weight is 262 g/mol. The fraction of sp³-hybridized carbons (Fsp3) is 0.533. The molecule has 1 aliphatic rings. The van der Waals surface area contributed by atoms with Gasteiger partial charge in [0.25, 0.3) is 0 Å². The molecule has 1 heterocycles. The first-order chi connectivity index (χ1) is 9.25. The Balaban J connectivity index is 1.64. The van der Waals surface area contributed by atoms with E-state index < -0.39 is 0 Å². The van der Waals surface area contributed by atoms with E-state index in [4.69, 9.17) is 4.74 Å². The van der Waals surface area contributed by atoms with Crippen molar-refractivity contribution in [2.24, 2.45) is 5.92 Å². The van der Waals surface area contributed by atoms with Crippen molar-refractivity contribution in [2.75, 3.05) is 19.7 Å². The maximum absolute atomic E-state index is 11.8. The van der Waals surface area contributed by atoms with Crippen molar-refractivity contribution in [1.82, 2.24) is 10.6 Å². The molecule has 2 unspecified atom stereocenters. The Morgan fingerprint density at radius 3 is 2.95 bits per heavy atom. The SMILES string of the molecule is CC(NC(=O)CCOc1ccccc1)C1CCNC1. The van der Waals surface area contributed by atoms with Gasteiger partial charge in [-0.25, -0.2) is 0 Å². The van der Waals surface area contributed by atoms with Gasteiger partial charge in [-0.2, -0.15) is 0 Å². The second-order valence-electron chi connectivity index (χ2n) is 5.02. The van der Waals surface area contributed by atoms with Crippen LogP contribution in [-0.2, 0) is 4.79 Å². The molecule has 104 valence electrons. The van der Waals surface area contributed by atoms with E-state index in [1.807, 2.05) is 30.3 Å². The smallest absolute Gasteiger partial charge is 0.223 e. The molecule has 4 nitrogen and oxygen atoms in total. The summed E-state index contributed by atoms with van der Waals surface area (Å²) in [6.07, 6.45) is 1.54. The van der Waals surface area contributed by atoms with Gasteiger partial charge in [-0.15, -0.1) is 0 Å². The number of amides is 1. The summed E-state index contributed by atoms with van der Waals surface area (Å²) < 4.78 is 5.51. The quantitative estimate of drug-likeness (QED) is 0.818. The van der Waals surface area contributed by atoms with Crippen LogP contribution >= 0.6 is 0 Å². The summed E-state index contributed by atoms with van der Waals surface area (Å²) in [5, 5.41) is 6.36. The van der Waals surface area contributed by atoms with Gasteiger partial charge in [-0.05, 0) is 44.5 Å². The number of ether oxygens (including phenoxy) is 1. The van der Waals surface area contributed by atoms with Crippen molar-refractivity contribution in [3.8, 4) is 5.75 Å². The second kappa shape index (κ2) is 7.14. The predicted octanol–water partition coefficient (Wildman–Crippen LogP) is 1.57. The van der Waals surface area contributed by atoms with E-state index in [2.05, 4.69) is 17.6 Å². The summed E-state index contributed by atoms with van der Waals surface area (Å²) in [5.74, 6) is 1.43. The Hall–Kier alpha value is -1.55. The molecule has 4 heteroatoms. The lowest BCUT2D eigenvalue weighted by atomic mass is 10.0. The molecule has 1 aromatic carbocycles. The van der Waals surface area contributed by atoms with Gasteiger partial charge < -0.3 is 15.4 Å². The first-order valence-electron chi connectivity index (χ1n) is 6.93. The molecule has 0 aromatic heterocycles. The first kappa shape index (κ1) is 13.9. The van der Waals surface area contributed by atoms with Crippen molar-refractivity contribution >= 4 is 5.91 Å².